The minimum Gasteiger partial charge on any atom is -0.497 e. The lowest BCUT2D eigenvalue weighted by atomic mass is 10.3. The van der Waals surface area contributed by atoms with Crippen molar-refractivity contribution < 1.29 is 17.9 Å². The highest BCUT2D eigenvalue weighted by atomic mass is 32.2. The van der Waals surface area contributed by atoms with Gasteiger partial charge < -0.3 is 20.1 Å². The summed E-state index contributed by atoms with van der Waals surface area (Å²) in [5, 5.41) is 6.13. The molecule has 0 spiro atoms. The second-order valence-corrected chi connectivity index (χ2v) is 7.33. The van der Waals surface area contributed by atoms with Crippen molar-refractivity contribution in [2.24, 2.45) is 0 Å². The molecule has 1 aromatic carbocycles. The van der Waals surface area contributed by atoms with Crippen molar-refractivity contribution in [2.45, 2.75) is 18.7 Å². The minimum absolute atomic E-state index is 0.0247. The summed E-state index contributed by atoms with van der Waals surface area (Å²) in [7, 11) is -0.864. The highest BCUT2D eigenvalue weighted by Crippen LogP contribution is 2.27. The van der Waals surface area contributed by atoms with Crippen LogP contribution in [0.4, 0.5) is 11.8 Å². The van der Waals surface area contributed by atoms with Gasteiger partial charge >= 0.3 is 0 Å². The number of aryl methyl sites for hydroxylation is 1. The number of hydrogen-bond acceptors (Lipinski definition) is 8. The lowest BCUT2D eigenvalue weighted by molar-refractivity contribution is 0.392. The summed E-state index contributed by atoms with van der Waals surface area (Å²) in [5.41, 5.74) is 0.810. The van der Waals surface area contributed by atoms with E-state index in [2.05, 4.69) is 25.3 Å². The van der Waals surface area contributed by atoms with Crippen molar-refractivity contribution >= 4 is 21.8 Å². The van der Waals surface area contributed by atoms with E-state index in [1.807, 2.05) is 13.8 Å². The summed E-state index contributed by atoms with van der Waals surface area (Å²) in [6.45, 7) is 5.06. The number of methoxy groups -OCH3 is 2. The summed E-state index contributed by atoms with van der Waals surface area (Å²) in [6, 6.07) is 6.40. The van der Waals surface area contributed by atoms with Gasteiger partial charge in [0.05, 0.1) is 14.2 Å². The third-order valence-electron chi connectivity index (χ3n) is 3.57. The Morgan fingerprint density at radius 2 is 1.81 bits per heavy atom. The highest BCUT2D eigenvalue weighted by molar-refractivity contribution is 7.89. The second-order valence-electron chi connectivity index (χ2n) is 5.59. The second kappa shape index (κ2) is 9.38. The zero-order valence-electron chi connectivity index (χ0n) is 15.9. The normalized spacial score (nSPS) is 11.1. The molecule has 148 valence electrons. The van der Waals surface area contributed by atoms with Gasteiger partial charge in [-0.05, 0) is 26.0 Å². The third kappa shape index (κ3) is 5.69. The summed E-state index contributed by atoms with van der Waals surface area (Å²) in [6.07, 6.45) is 0. The molecule has 0 radical (unpaired) electrons. The van der Waals surface area contributed by atoms with Gasteiger partial charge in [-0.2, -0.15) is 4.98 Å². The fraction of sp³-hybridized carbons (Fsp3) is 0.412. The van der Waals surface area contributed by atoms with Crippen LogP contribution in [-0.4, -0.2) is 52.2 Å². The Hall–Kier alpha value is -2.59. The lowest BCUT2D eigenvalue weighted by Crippen LogP contribution is -2.29. The molecule has 2 aromatic rings. The first kappa shape index (κ1) is 20.7. The van der Waals surface area contributed by atoms with Gasteiger partial charge in [0.2, 0.25) is 16.0 Å². The fourth-order valence-electron chi connectivity index (χ4n) is 2.34. The van der Waals surface area contributed by atoms with E-state index in [0.29, 0.717) is 30.6 Å². The molecular formula is C17H25N5O4S. The summed E-state index contributed by atoms with van der Waals surface area (Å²) >= 11 is 0. The first-order chi connectivity index (χ1) is 12.9. The average Bonchev–Trinajstić information content (AvgIpc) is 2.64. The van der Waals surface area contributed by atoms with Gasteiger partial charge in [-0.15, -0.1) is 0 Å². The molecule has 0 bridgehead atoms. The molecule has 0 saturated heterocycles. The Balaban J connectivity index is 2.00. The molecule has 0 aliphatic heterocycles. The number of rotatable bonds is 10. The standard InChI is InChI=1S/C17H25N5O4S/c1-5-18-17-21-12(2)10-16(22-17)19-8-9-20-27(23,24)15-11-13(25-3)6-7-14(15)26-4/h6-7,10-11,20H,5,8-9H2,1-4H3,(H2,18,19,21,22). The molecule has 0 saturated carbocycles. The predicted molar refractivity (Wildman–Crippen MR) is 104 cm³/mol. The van der Waals surface area contributed by atoms with Crippen molar-refractivity contribution in [2.75, 3.05) is 44.5 Å². The fourth-order valence-corrected chi connectivity index (χ4v) is 3.56. The van der Waals surface area contributed by atoms with Crippen molar-refractivity contribution in [3.8, 4) is 11.5 Å². The summed E-state index contributed by atoms with van der Waals surface area (Å²) < 4.78 is 37.9. The molecule has 0 fully saturated rings. The number of ether oxygens (including phenoxy) is 2. The number of aromatic nitrogens is 2. The smallest absolute Gasteiger partial charge is 0.244 e. The van der Waals surface area contributed by atoms with Crippen LogP contribution in [0.3, 0.4) is 0 Å². The van der Waals surface area contributed by atoms with Crippen LogP contribution in [0.25, 0.3) is 0 Å². The van der Waals surface area contributed by atoms with Crippen LogP contribution in [0.5, 0.6) is 11.5 Å². The van der Waals surface area contributed by atoms with Gasteiger partial charge in [0.15, 0.2) is 0 Å². The SMILES string of the molecule is CCNc1nc(C)cc(NCCNS(=O)(=O)c2cc(OC)ccc2OC)n1. The van der Waals surface area contributed by atoms with Gasteiger partial charge in [0, 0.05) is 37.5 Å². The van der Waals surface area contributed by atoms with E-state index in [4.69, 9.17) is 9.47 Å². The van der Waals surface area contributed by atoms with Gasteiger partial charge in [0.25, 0.3) is 0 Å². The van der Waals surface area contributed by atoms with Gasteiger partial charge in [-0.25, -0.2) is 18.1 Å². The number of hydrogen-bond donors (Lipinski definition) is 3. The molecule has 0 aliphatic carbocycles. The van der Waals surface area contributed by atoms with E-state index in [9.17, 15) is 8.42 Å². The van der Waals surface area contributed by atoms with E-state index < -0.39 is 10.0 Å². The maximum Gasteiger partial charge on any atom is 0.244 e. The van der Waals surface area contributed by atoms with Crippen LogP contribution in [0, 0.1) is 6.92 Å². The molecule has 0 amide bonds. The molecule has 27 heavy (non-hydrogen) atoms. The maximum absolute atomic E-state index is 12.6. The zero-order chi connectivity index (χ0) is 19.9. The van der Waals surface area contributed by atoms with E-state index >= 15 is 0 Å². The Labute approximate surface area is 159 Å². The Morgan fingerprint density at radius 3 is 2.48 bits per heavy atom. The first-order valence-electron chi connectivity index (χ1n) is 8.44. The van der Waals surface area contributed by atoms with E-state index in [-0.39, 0.29) is 17.2 Å². The molecule has 0 unspecified atom stereocenters. The van der Waals surface area contributed by atoms with E-state index in [0.717, 1.165) is 5.69 Å². The quantitative estimate of drug-likeness (QED) is 0.520. The Morgan fingerprint density at radius 1 is 1.04 bits per heavy atom. The largest absolute Gasteiger partial charge is 0.497 e. The van der Waals surface area contributed by atoms with Crippen LogP contribution in [-0.2, 0) is 10.0 Å². The van der Waals surface area contributed by atoms with E-state index in [1.165, 1.54) is 20.3 Å². The Bertz CT molecular complexity index is 874. The maximum atomic E-state index is 12.6. The van der Waals surface area contributed by atoms with Crippen LogP contribution >= 0.6 is 0 Å². The molecule has 1 aromatic heterocycles. The minimum atomic E-state index is -3.76. The molecule has 9 nitrogen and oxygen atoms in total. The molecule has 0 atom stereocenters. The number of anilines is 2. The van der Waals surface area contributed by atoms with Crippen molar-refractivity contribution in [3.05, 3.63) is 30.0 Å². The van der Waals surface area contributed by atoms with Crippen LogP contribution in [0.15, 0.2) is 29.2 Å². The molecular weight excluding hydrogens is 370 g/mol. The van der Waals surface area contributed by atoms with E-state index in [1.54, 1.807) is 18.2 Å². The summed E-state index contributed by atoms with van der Waals surface area (Å²) in [5.74, 6) is 1.83. The van der Waals surface area contributed by atoms with Crippen LogP contribution in [0.2, 0.25) is 0 Å². The zero-order valence-corrected chi connectivity index (χ0v) is 16.7. The Kier molecular flexibility index (Phi) is 7.19. The van der Waals surface area contributed by atoms with Gasteiger partial charge in [-0.1, -0.05) is 0 Å². The number of nitrogens with zero attached hydrogens (tertiary/aromatic N) is 2. The highest BCUT2D eigenvalue weighted by Gasteiger charge is 2.20. The third-order valence-corrected chi connectivity index (χ3v) is 5.05. The molecule has 2 rings (SSSR count). The lowest BCUT2D eigenvalue weighted by Gasteiger charge is -2.13. The molecule has 0 aliphatic rings. The number of nitrogens with one attached hydrogen (secondary N) is 3. The van der Waals surface area contributed by atoms with Gasteiger partial charge in [-0.3, -0.25) is 0 Å². The van der Waals surface area contributed by atoms with Crippen molar-refractivity contribution in [1.29, 1.82) is 0 Å². The number of sulfonamides is 1. The van der Waals surface area contributed by atoms with Crippen LogP contribution in [0.1, 0.15) is 12.6 Å². The number of benzene rings is 1. The molecule has 10 heteroatoms. The van der Waals surface area contributed by atoms with Crippen molar-refractivity contribution in [1.82, 2.24) is 14.7 Å². The molecule has 1 heterocycles. The predicted octanol–water partition coefficient (Wildman–Crippen LogP) is 1.62. The summed E-state index contributed by atoms with van der Waals surface area (Å²) in [4.78, 5) is 8.61. The topological polar surface area (TPSA) is 114 Å². The van der Waals surface area contributed by atoms with Gasteiger partial charge in [0.1, 0.15) is 22.2 Å². The first-order valence-corrected chi connectivity index (χ1v) is 9.93. The molecule has 3 N–H and O–H groups in total. The average molecular weight is 395 g/mol. The van der Waals surface area contributed by atoms with Crippen molar-refractivity contribution in [3.63, 3.8) is 0 Å². The van der Waals surface area contributed by atoms with Crippen LogP contribution < -0.4 is 24.8 Å². The monoisotopic (exact) mass is 395 g/mol.